The van der Waals surface area contributed by atoms with E-state index < -0.39 is 6.04 Å². The highest BCUT2D eigenvalue weighted by Gasteiger charge is 2.32. The maximum atomic E-state index is 13.1. The van der Waals surface area contributed by atoms with Crippen molar-refractivity contribution in [3.05, 3.63) is 65.7 Å². The van der Waals surface area contributed by atoms with E-state index in [1.54, 1.807) is 4.90 Å². The van der Waals surface area contributed by atoms with Gasteiger partial charge in [0.05, 0.1) is 0 Å². The molecule has 2 amide bonds. The van der Waals surface area contributed by atoms with Crippen LogP contribution in [0.25, 0.3) is 0 Å². The van der Waals surface area contributed by atoms with Crippen molar-refractivity contribution in [2.45, 2.75) is 31.8 Å². The quantitative estimate of drug-likeness (QED) is 0.692. The first-order valence-electron chi connectivity index (χ1n) is 10.5. The number of nitrogens with one attached hydrogen (secondary N) is 1. The Morgan fingerprint density at radius 3 is 2.50 bits per heavy atom. The molecular weight excluding hydrogens is 378 g/mol. The lowest BCUT2D eigenvalue weighted by Crippen LogP contribution is -2.45. The monoisotopic (exact) mass is 409 g/mol. The molecule has 1 fully saturated rings. The third kappa shape index (κ3) is 6.07. The van der Waals surface area contributed by atoms with E-state index in [9.17, 15) is 9.59 Å². The number of carbonyl (C=O) groups is 2. The van der Waals surface area contributed by atoms with Crippen LogP contribution in [0.2, 0.25) is 0 Å². The standard InChI is InChI=1S/C24H31N3O3/c1-26(2)16-17-30-21-13-11-19(12-14-21)18-25-24(29)23(20-8-4-3-5-9-20)27-15-7-6-10-22(27)28/h3-5,8-9,11-14,23H,6-7,10,15-18H2,1-2H3,(H,25,29). The van der Waals surface area contributed by atoms with Gasteiger partial charge in [-0.25, -0.2) is 0 Å². The van der Waals surface area contributed by atoms with Crippen molar-refractivity contribution < 1.29 is 14.3 Å². The molecule has 0 bridgehead atoms. The van der Waals surface area contributed by atoms with Crippen molar-refractivity contribution in [1.29, 1.82) is 0 Å². The zero-order valence-electron chi connectivity index (χ0n) is 17.8. The number of benzene rings is 2. The molecule has 1 heterocycles. The molecule has 6 nitrogen and oxygen atoms in total. The van der Waals surface area contributed by atoms with E-state index in [1.165, 1.54) is 0 Å². The maximum Gasteiger partial charge on any atom is 0.247 e. The number of hydrogen-bond acceptors (Lipinski definition) is 4. The molecule has 30 heavy (non-hydrogen) atoms. The van der Waals surface area contributed by atoms with Crippen LogP contribution in [0.1, 0.15) is 36.4 Å². The molecule has 160 valence electrons. The van der Waals surface area contributed by atoms with Crippen LogP contribution in [0.3, 0.4) is 0 Å². The van der Waals surface area contributed by atoms with Gasteiger partial charge in [0.2, 0.25) is 11.8 Å². The summed E-state index contributed by atoms with van der Waals surface area (Å²) in [6.45, 7) is 2.51. The van der Waals surface area contributed by atoms with E-state index in [4.69, 9.17) is 4.74 Å². The SMILES string of the molecule is CN(C)CCOc1ccc(CNC(=O)C(c2ccccc2)N2CCCCC2=O)cc1. The molecule has 1 saturated heterocycles. The summed E-state index contributed by atoms with van der Waals surface area (Å²) in [4.78, 5) is 29.4. The van der Waals surface area contributed by atoms with Gasteiger partial charge >= 0.3 is 0 Å². The fraction of sp³-hybridized carbons (Fsp3) is 0.417. The summed E-state index contributed by atoms with van der Waals surface area (Å²) < 4.78 is 5.71. The lowest BCUT2D eigenvalue weighted by atomic mass is 10.0. The minimum Gasteiger partial charge on any atom is -0.492 e. The van der Waals surface area contributed by atoms with E-state index in [0.717, 1.165) is 36.3 Å². The molecule has 2 aromatic rings. The lowest BCUT2D eigenvalue weighted by Gasteiger charge is -2.34. The minimum atomic E-state index is -0.590. The van der Waals surface area contributed by atoms with E-state index in [-0.39, 0.29) is 11.8 Å². The van der Waals surface area contributed by atoms with E-state index in [0.29, 0.717) is 26.1 Å². The Hall–Kier alpha value is -2.86. The van der Waals surface area contributed by atoms with E-state index >= 15 is 0 Å². The molecule has 0 saturated carbocycles. The molecule has 0 aromatic heterocycles. The van der Waals surface area contributed by atoms with E-state index in [1.807, 2.05) is 68.7 Å². The highest BCUT2D eigenvalue weighted by atomic mass is 16.5. The molecule has 1 unspecified atom stereocenters. The number of likely N-dealkylation sites (N-methyl/N-ethyl adjacent to an activating group) is 1. The number of likely N-dealkylation sites (tertiary alicyclic amines) is 1. The second-order valence-electron chi connectivity index (χ2n) is 7.87. The lowest BCUT2D eigenvalue weighted by molar-refractivity contribution is -0.142. The molecule has 0 spiro atoms. The van der Waals surface area contributed by atoms with Crippen LogP contribution < -0.4 is 10.1 Å². The van der Waals surface area contributed by atoms with E-state index in [2.05, 4.69) is 10.2 Å². The normalized spacial score (nSPS) is 15.2. The molecule has 0 radical (unpaired) electrons. The Bertz CT molecular complexity index is 821. The fourth-order valence-corrected chi connectivity index (χ4v) is 3.54. The third-order valence-electron chi connectivity index (χ3n) is 5.23. The highest BCUT2D eigenvalue weighted by Crippen LogP contribution is 2.26. The van der Waals surface area contributed by atoms with Gasteiger partial charge in [0.25, 0.3) is 0 Å². The first-order chi connectivity index (χ1) is 14.5. The van der Waals surface area contributed by atoms with Crippen LogP contribution in [-0.4, -0.2) is 55.4 Å². The second-order valence-corrected chi connectivity index (χ2v) is 7.87. The summed E-state index contributed by atoms with van der Waals surface area (Å²) in [7, 11) is 4.02. The van der Waals surface area contributed by atoms with Crippen molar-refractivity contribution in [3.8, 4) is 5.75 Å². The summed E-state index contributed by atoms with van der Waals surface area (Å²) in [5.74, 6) is 0.709. The summed E-state index contributed by atoms with van der Waals surface area (Å²) in [6.07, 6.45) is 2.32. The van der Waals surface area contributed by atoms with Gasteiger partial charge in [-0.3, -0.25) is 9.59 Å². The third-order valence-corrected chi connectivity index (χ3v) is 5.23. The van der Waals surface area contributed by atoms with Crippen molar-refractivity contribution in [2.24, 2.45) is 0 Å². The molecule has 1 atom stereocenters. The van der Waals surface area contributed by atoms with Crippen molar-refractivity contribution in [2.75, 3.05) is 33.8 Å². The van der Waals surface area contributed by atoms with Gasteiger partial charge in [-0.05, 0) is 50.2 Å². The minimum absolute atomic E-state index is 0.0458. The number of ether oxygens (including phenoxy) is 1. The van der Waals surface area contributed by atoms with Crippen LogP contribution in [0.4, 0.5) is 0 Å². The van der Waals surface area contributed by atoms with Gasteiger partial charge in [-0.2, -0.15) is 0 Å². The van der Waals surface area contributed by atoms with Gasteiger partial charge in [-0.15, -0.1) is 0 Å². The smallest absolute Gasteiger partial charge is 0.247 e. The molecular formula is C24H31N3O3. The summed E-state index contributed by atoms with van der Waals surface area (Å²) >= 11 is 0. The number of piperidine rings is 1. The zero-order valence-corrected chi connectivity index (χ0v) is 17.8. The second kappa shape index (κ2) is 10.8. The Labute approximate surface area is 178 Å². The van der Waals surface area contributed by atoms with Gasteiger partial charge in [0.1, 0.15) is 18.4 Å². The number of nitrogens with zero attached hydrogens (tertiary/aromatic N) is 2. The number of rotatable bonds is 9. The van der Waals surface area contributed by atoms with Crippen molar-refractivity contribution in [3.63, 3.8) is 0 Å². The van der Waals surface area contributed by atoms with Gasteiger partial charge in [-0.1, -0.05) is 42.5 Å². The summed E-state index contributed by atoms with van der Waals surface area (Å²) in [5.41, 5.74) is 1.83. The van der Waals surface area contributed by atoms with Crippen molar-refractivity contribution in [1.82, 2.24) is 15.1 Å². The first-order valence-corrected chi connectivity index (χ1v) is 10.5. The predicted molar refractivity (Wildman–Crippen MR) is 117 cm³/mol. The number of carbonyl (C=O) groups excluding carboxylic acids is 2. The highest BCUT2D eigenvalue weighted by molar-refractivity contribution is 5.89. The van der Waals surface area contributed by atoms with Crippen LogP contribution >= 0.6 is 0 Å². The Balaban J connectivity index is 1.62. The van der Waals surface area contributed by atoms with Crippen LogP contribution in [0, 0.1) is 0 Å². The Morgan fingerprint density at radius 1 is 1.10 bits per heavy atom. The fourth-order valence-electron chi connectivity index (χ4n) is 3.54. The van der Waals surface area contributed by atoms with Crippen LogP contribution in [0.15, 0.2) is 54.6 Å². The average Bonchev–Trinajstić information content (AvgIpc) is 2.75. The van der Waals surface area contributed by atoms with Gasteiger partial charge < -0.3 is 19.9 Å². The zero-order chi connectivity index (χ0) is 21.3. The largest absolute Gasteiger partial charge is 0.492 e. The molecule has 2 aromatic carbocycles. The first kappa shape index (κ1) is 21.8. The molecule has 1 aliphatic rings. The van der Waals surface area contributed by atoms with Crippen molar-refractivity contribution >= 4 is 11.8 Å². The summed E-state index contributed by atoms with van der Waals surface area (Å²) in [5, 5.41) is 3.01. The predicted octanol–water partition coefficient (Wildman–Crippen LogP) is 3.00. The Kier molecular flexibility index (Phi) is 7.85. The van der Waals surface area contributed by atoms with Gasteiger partial charge in [0.15, 0.2) is 0 Å². The number of amides is 2. The molecule has 1 aliphatic heterocycles. The summed E-state index contributed by atoms with van der Waals surface area (Å²) in [6, 6.07) is 16.7. The van der Waals surface area contributed by atoms with Gasteiger partial charge in [0, 0.05) is 26.1 Å². The Morgan fingerprint density at radius 2 is 1.83 bits per heavy atom. The molecule has 6 heteroatoms. The van der Waals surface area contributed by atoms with Crippen LogP contribution in [-0.2, 0) is 16.1 Å². The topological polar surface area (TPSA) is 61.9 Å². The molecule has 3 rings (SSSR count). The van der Waals surface area contributed by atoms with Crippen LogP contribution in [0.5, 0.6) is 5.75 Å². The number of hydrogen-bond donors (Lipinski definition) is 1. The molecule has 0 aliphatic carbocycles. The maximum absolute atomic E-state index is 13.1. The molecule has 1 N–H and O–H groups in total. The average molecular weight is 410 g/mol.